The lowest BCUT2D eigenvalue weighted by atomic mass is 10.1. The monoisotopic (exact) mass is 270 g/mol. The smallest absolute Gasteiger partial charge is 0.202 e. The van der Waals surface area contributed by atoms with E-state index in [-0.39, 0.29) is 0 Å². The summed E-state index contributed by atoms with van der Waals surface area (Å²) < 4.78 is 0. The molecule has 0 bridgehead atoms. The van der Waals surface area contributed by atoms with Crippen molar-refractivity contribution < 1.29 is 0 Å². The number of aromatic amines is 1. The Hall–Kier alpha value is -1.81. The third kappa shape index (κ3) is 3.20. The maximum atomic E-state index is 4.38. The van der Waals surface area contributed by atoms with Crippen LogP contribution in [-0.4, -0.2) is 41.0 Å². The molecule has 0 spiro atoms. The zero-order valence-corrected chi connectivity index (χ0v) is 12.0. The largest absolute Gasteiger partial charge is 0.341 e. The Balaban J connectivity index is 1.64. The summed E-state index contributed by atoms with van der Waals surface area (Å²) in [4.78, 5) is 12.5. The van der Waals surface area contributed by atoms with E-state index in [9.17, 15) is 0 Å². The topological polar surface area (TPSA) is 35.2 Å². The van der Waals surface area contributed by atoms with Gasteiger partial charge >= 0.3 is 0 Å². The third-order valence-corrected chi connectivity index (χ3v) is 3.82. The molecule has 2 heterocycles. The lowest BCUT2D eigenvalue weighted by molar-refractivity contribution is 0.257. The molecule has 1 saturated heterocycles. The second kappa shape index (κ2) is 6.09. The standard InChI is InChI=1S/C16H22N4/c1-14-11-19(13-15-5-3-2-4-6-15)9-10-20(12-14)16-17-7-8-18-16/h2-8,14H,9-13H2,1H3,(H,17,18). The average molecular weight is 270 g/mol. The molecule has 4 heteroatoms. The molecule has 1 aromatic carbocycles. The Labute approximate surface area is 120 Å². The van der Waals surface area contributed by atoms with Crippen molar-refractivity contribution in [3.8, 4) is 0 Å². The molecule has 0 aliphatic carbocycles. The van der Waals surface area contributed by atoms with E-state index in [0.717, 1.165) is 38.7 Å². The van der Waals surface area contributed by atoms with Crippen LogP contribution in [0.4, 0.5) is 5.95 Å². The summed E-state index contributed by atoms with van der Waals surface area (Å²) in [7, 11) is 0. The van der Waals surface area contributed by atoms with E-state index in [1.54, 1.807) is 0 Å². The van der Waals surface area contributed by atoms with Crippen LogP contribution in [0, 0.1) is 5.92 Å². The first-order valence-corrected chi connectivity index (χ1v) is 7.32. The molecule has 1 aliphatic heterocycles. The van der Waals surface area contributed by atoms with Crippen LogP contribution in [0.15, 0.2) is 42.7 Å². The van der Waals surface area contributed by atoms with Gasteiger partial charge in [0.15, 0.2) is 0 Å². The summed E-state index contributed by atoms with van der Waals surface area (Å²) in [5.74, 6) is 1.64. The predicted molar refractivity (Wildman–Crippen MR) is 81.7 cm³/mol. The van der Waals surface area contributed by atoms with Gasteiger partial charge in [0.25, 0.3) is 0 Å². The molecule has 1 N–H and O–H groups in total. The maximum Gasteiger partial charge on any atom is 0.202 e. The van der Waals surface area contributed by atoms with E-state index < -0.39 is 0 Å². The second-order valence-electron chi connectivity index (χ2n) is 5.68. The fourth-order valence-corrected chi connectivity index (χ4v) is 2.93. The van der Waals surface area contributed by atoms with Crippen LogP contribution in [0.1, 0.15) is 12.5 Å². The quantitative estimate of drug-likeness (QED) is 0.930. The molecule has 4 nitrogen and oxygen atoms in total. The zero-order chi connectivity index (χ0) is 13.8. The van der Waals surface area contributed by atoms with Crippen molar-refractivity contribution in [3.63, 3.8) is 0 Å². The van der Waals surface area contributed by atoms with Crippen LogP contribution in [0.3, 0.4) is 0 Å². The number of H-pyrrole nitrogens is 1. The van der Waals surface area contributed by atoms with Gasteiger partial charge in [-0.15, -0.1) is 0 Å². The van der Waals surface area contributed by atoms with Gasteiger partial charge in [-0.1, -0.05) is 37.3 Å². The summed E-state index contributed by atoms with van der Waals surface area (Å²) in [6.07, 6.45) is 3.72. The van der Waals surface area contributed by atoms with Gasteiger partial charge in [0, 0.05) is 45.1 Å². The fraction of sp³-hybridized carbons (Fsp3) is 0.438. The molecule has 1 atom stereocenters. The SMILES string of the molecule is CC1CN(Cc2ccccc2)CCN(c2ncc[nH]2)C1. The van der Waals surface area contributed by atoms with E-state index in [2.05, 4.69) is 57.0 Å². The van der Waals surface area contributed by atoms with E-state index >= 15 is 0 Å². The normalized spacial score (nSPS) is 20.9. The Bertz CT molecular complexity index is 509. The maximum absolute atomic E-state index is 4.38. The van der Waals surface area contributed by atoms with Crippen LogP contribution in [0.2, 0.25) is 0 Å². The van der Waals surface area contributed by atoms with Gasteiger partial charge < -0.3 is 9.88 Å². The van der Waals surface area contributed by atoms with Gasteiger partial charge in [0.05, 0.1) is 0 Å². The van der Waals surface area contributed by atoms with Gasteiger partial charge in [-0.25, -0.2) is 4.98 Å². The highest BCUT2D eigenvalue weighted by Crippen LogP contribution is 2.16. The minimum Gasteiger partial charge on any atom is -0.341 e. The van der Waals surface area contributed by atoms with Crippen molar-refractivity contribution in [2.24, 2.45) is 5.92 Å². The van der Waals surface area contributed by atoms with Gasteiger partial charge in [0.2, 0.25) is 5.95 Å². The zero-order valence-electron chi connectivity index (χ0n) is 12.0. The first kappa shape index (κ1) is 13.2. The molecule has 1 aliphatic rings. The number of benzene rings is 1. The van der Waals surface area contributed by atoms with Crippen molar-refractivity contribution in [1.82, 2.24) is 14.9 Å². The second-order valence-corrected chi connectivity index (χ2v) is 5.68. The molecule has 3 rings (SSSR count). The lowest BCUT2D eigenvalue weighted by Crippen LogP contribution is -2.31. The highest BCUT2D eigenvalue weighted by molar-refractivity contribution is 5.29. The number of hydrogen-bond acceptors (Lipinski definition) is 3. The molecule has 1 fully saturated rings. The molecule has 1 unspecified atom stereocenters. The van der Waals surface area contributed by atoms with E-state index in [0.29, 0.717) is 5.92 Å². The molecule has 2 aromatic rings. The van der Waals surface area contributed by atoms with Crippen molar-refractivity contribution in [3.05, 3.63) is 48.3 Å². The lowest BCUT2D eigenvalue weighted by Gasteiger charge is -2.21. The van der Waals surface area contributed by atoms with Crippen molar-refractivity contribution in [2.45, 2.75) is 13.5 Å². The summed E-state index contributed by atoms with van der Waals surface area (Å²) >= 11 is 0. The number of aromatic nitrogens is 2. The van der Waals surface area contributed by atoms with Crippen molar-refractivity contribution >= 4 is 5.95 Å². The van der Waals surface area contributed by atoms with E-state index in [4.69, 9.17) is 0 Å². The first-order valence-electron chi connectivity index (χ1n) is 7.32. The Kier molecular flexibility index (Phi) is 4.02. The number of hydrogen-bond donors (Lipinski definition) is 1. The number of anilines is 1. The molecule has 0 amide bonds. The molecule has 1 aromatic heterocycles. The first-order chi connectivity index (χ1) is 9.81. The third-order valence-electron chi connectivity index (χ3n) is 3.82. The van der Waals surface area contributed by atoms with E-state index in [1.165, 1.54) is 5.56 Å². The number of nitrogens with one attached hydrogen (secondary N) is 1. The number of nitrogens with zero attached hydrogens (tertiary/aromatic N) is 3. The molecule has 0 saturated carbocycles. The van der Waals surface area contributed by atoms with Crippen LogP contribution >= 0.6 is 0 Å². The summed E-state index contributed by atoms with van der Waals surface area (Å²) in [6.45, 7) is 7.69. The molecular formula is C16H22N4. The van der Waals surface area contributed by atoms with Crippen LogP contribution < -0.4 is 4.90 Å². The average Bonchev–Trinajstić information content (AvgIpc) is 2.92. The highest BCUT2D eigenvalue weighted by Gasteiger charge is 2.21. The minimum atomic E-state index is 0.645. The Morgan fingerprint density at radius 2 is 2.05 bits per heavy atom. The van der Waals surface area contributed by atoms with Crippen LogP contribution in [-0.2, 0) is 6.54 Å². The van der Waals surface area contributed by atoms with Crippen molar-refractivity contribution in [1.29, 1.82) is 0 Å². The van der Waals surface area contributed by atoms with Gasteiger partial charge in [0.1, 0.15) is 0 Å². The van der Waals surface area contributed by atoms with Crippen molar-refractivity contribution in [2.75, 3.05) is 31.1 Å². The number of imidazole rings is 1. The summed E-state index contributed by atoms with van der Waals surface area (Å²) in [6, 6.07) is 10.7. The van der Waals surface area contributed by atoms with Crippen LogP contribution in [0.5, 0.6) is 0 Å². The predicted octanol–water partition coefficient (Wildman–Crippen LogP) is 2.37. The minimum absolute atomic E-state index is 0.645. The molecule has 0 radical (unpaired) electrons. The van der Waals surface area contributed by atoms with Gasteiger partial charge in [-0.3, -0.25) is 4.90 Å². The molecule has 20 heavy (non-hydrogen) atoms. The summed E-state index contributed by atoms with van der Waals surface area (Å²) in [5, 5.41) is 0. The molecular weight excluding hydrogens is 248 g/mol. The van der Waals surface area contributed by atoms with Gasteiger partial charge in [-0.2, -0.15) is 0 Å². The highest BCUT2D eigenvalue weighted by atomic mass is 15.3. The Morgan fingerprint density at radius 3 is 2.80 bits per heavy atom. The molecule has 106 valence electrons. The van der Waals surface area contributed by atoms with E-state index in [1.807, 2.05) is 12.4 Å². The number of rotatable bonds is 3. The van der Waals surface area contributed by atoms with Crippen LogP contribution in [0.25, 0.3) is 0 Å². The van der Waals surface area contributed by atoms with Gasteiger partial charge in [-0.05, 0) is 11.5 Å². The fourth-order valence-electron chi connectivity index (χ4n) is 2.93. The Morgan fingerprint density at radius 1 is 1.20 bits per heavy atom. The summed E-state index contributed by atoms with van der Waals surface area (Å²) in [5.41, 5.74) is 1.39.